The molecular formula is C19H28N2O3. The maximum Gasteiger partial charge on any atom is 0.257 e. The molecule has 3 fully saturated rings. The van der Waals surface area contributed by atoms with Crippen molar-refractivity contribution in [1.82, 2.24) is 9.80 Å². The Morgan fingerprint density at radius 1 is 1.33 bits per heavy atom. The highest BCUT2D eigenvalue weighted by molar-refractivity contribution is 5.93. The number of furan rings is 1. The van der Waals surface area contributed by atoms with Crippen LogP contribution in [0, 0.1) is 17.3 Å². The highest BCUT2D eigenvalue weighted by Gasteiger charge is 2.47. The predicted octanol–water partition coefficient (Wildman–Crippen LogP) is 2.49. The fourth-order valence-electron chi connectivity index (χ4n) is 4.48. The average Bonchev–Trinajstić information content (AvgIpc) is 3.14. The monoisotopic (exact) mass is 332 g/mol. The molecule has 0 radical (unpaired) electrons. The second-order valence-electron chi connectivity index (χ2n) is 8.04. The van der Waals surface area contributed by atoms with E-state index in [1.54, 1.807) is 18.6 Å². The van der Waals surface area contributed by atoms with Gasteiger partial charge in [0.05, 0.1) is 18.4 Å². The normalized spacial score (nSPS) is 27.0. The lowest BCUT2D eigenvalue weighted by atomic mass is 9.71. The number of carbonyl (C=O) groups excluding carboxylic acids is 1. The van der Waals surface area contributed by atoms with Gasteiger partial charge in [-0.05, 0) is 50.1 Å². The number of amides is 1. The molecule has 3 heterocycles. The van der Waals surface area contributed by atoms with Gasteiger partial charge in [0.2, 0.25) is 0 Å². The minimum Gasteiger partial charge on any atom is -0.472 e. The molecule has 1 saturated carbocycles. The van der Waals surface area contributed by atoms with Gasteiger partial charge in [-0.25, -0.2) is 0 Å². The van der Waals surface area contributed by atoms with Gasteiger partial charge in [0.15, 0.2) is 0 Å². The number of rotatable bonds is 5. The van der Waals surface area contributed by atoms with E-state index in [1.807, 2.05) is 4.90 Å². The van der Waals surface area contributed by atoms with Gasteiger partial charge in [0, 0.05) is 38.7 Å². The van der Waals surface area contributed by atoms with Crippen LogP contribution in [0.15, 0.2) is 23.0 Å². The number of likely N-dealkylation sites (tertiary alicyclic amines) is 2. The molecule has 3 aliphatic rings. The highest BCUT2D eigenvalue weighted by atomic mass is 16.5. The molecule has 1 amide bonds. The Morgan fingerprint density at radius 2 is 2.12 bits per heavy atom. The van der Waals surface area contributed by atoms with Gasteiger partial charge in [-0.15, -0.1) is 0 Å². The van der Waals surface area contributed by atoms with Gasteiger partial charge in [-0.2, -0.15) is 0 Å². The number of hydrogen-bond acceptors (Lipinski definition) is 4. The van der Waals surface area contributed by atoms with E-state index in [1.165, 1.54) is 12.8 Å². The second kappa shape index (κ2) is 6.52. The second-order valence-corrected chi connectivity index (χ2v) is 8.04. The molecule has 2 aliphatic heterocycles. The number of carbonyl (C=O) groups is 1. The van der Waals surface area contributed by atoms with Gasteiger partial charge in [-0.1, -0.05) is 0 Å². The summed E-state index contributed by atoms with van der Waals surface area (Å²) in [6.07, 6.45) is 7.97. The van der Waals surface area contributed by atoms with Crippen molar-refractivity contribution >= 4 is 5.91 Å². The third kappa shape index (κ3) is 3.24. The van der Waals surface area contributed by atoms with Crippen LogP contribution in [0.3, 0.4) is 0 Å². The maximum atomic E-state index is 12.5. The maximum absolute atomic E-state index is 12.5. The number of hydrogen-bond donors (Lipinski definition) is 0. The Kier molecular flexibility index (Phi) is 4.39. The van der Waals surface area contributed by atoms with Crippen LogP contribution in [0.25, 0.3) is 0 Å². The van der Waals surface area contributed by atoms with Crippen LogP contribution in [0.1, 0.15) is 36.0 Å². The van der Waals surface area contributed by atoms with Crippen LogP contribution in [0.5, 0.6) is 0 Å². The summed E-state index contributed by atoms with van der Waals surface area (Å²) in [5, 5.41) is 0. The third-order valence-corrected chi connectivity index (χ3v) is 6.17. The molecule has 4 rings (SSSR count). The molecule has 1 aromatic rings. The molecule has 1 aliphatic carbocycles. The Hall–Kier alpha value is -1.33. The Labute approximate surface area is 143 Å². The van der Waals surface area contributed by atoms with Crippen LogP contribution in [0.2, 0.25) is 0 Å². The Morgan fingerprint density at radius 3 is 2.79 bits per heavy atom. The summed E-state index contributed by atoms with van der Waals surface area (Å²) in [6, 6.07) is 1.75. The van der Waals surface area contributed by atoms with E-state index in [0.29, 0.717) is 16.9 Å². The number of ether oxygens (including phenoxy) is 1. The molecule has 0 aromatic carbocycles. The van der Waals surface area contributed by atoms with Crippen LogP contribution in [0.4, 0.5) is 0 Å². The zero-order chi connectivity index (χ0) is 16.6. The van der Waals surface area contributed by atoms with Crippen molar-refractivity contribution < 1.29 is 13.9 Å². The minimum absolute atomic E-state index is 0.103. The van der Waals surface area contributed by atoms with E-state index in [4.69, 9.17) is 9.15 Å². The molecule has 132 valence electrons. The lowest BCUT2D eigenvalue weighted by Crippen LogP contribution is -2.47. The molecule has 1 spiro atoms. The van der Waals surface area contributed by atoms with Crippen molar-refractivity contribution in [3.63, 3.8) is 0 Å². The molecule has 24 heavy (non-hydrogen) atoms. The van der Waals surface area contributed by atoms with E-state index in [2.05, 4.69) is 11.9 Å². The molecule has 0 N–H and O–H groups in total. The van der Waals surface area contributed by atoms with Crippen molar-refractivity contribution in [1.29, 1.82) is 0 Å². The summed E-state index contributed by atoms with van der Waals surface area (Å²) in [7, 11) is 2.21. The van der Waals surface area contributed by atoms with Gasteiger partial charge < -0.3 is 19.0 Å². The fourth-order valence-corrected chi connectivity index (χ4v) is 4.48. The summed E-state index contributed by atoms with van der Waals surface area (Å²) in [5.41, 5.74) is 0.990. The first-order chi connectivity index (χ1) is 11.7. The first kappa shape index (κ1) is 16.2. The van der Waals surface area contributed by atoms with Crippen LogP contribution < -0.4 is 0 Å². The van der Waals surface area contributed by atoms with E-state index in [-0.39, 0.29) is 5.91 Å². The molecule has 1 aromatic heterocycles. The fraction of sp³-hybridized carbons (Fsp3) is 0.737. The molecule has 1 atom stereocenters. The Balaban J connectivity index is 1.35. The van der Waals surface area contributed by atoms with Crippen molar-refractivity contribution in [2.75, 3.05) is 46.4 Å². The zero-order valence-corrected chi connectivity index (χ0v) is 14.6. The molecule has 5 heteroatoms. The van der Waals surface area contributed by atoms with Gasteiger partial charge >= 0.3 is 0 Å². The van der Waals surface area contributed by atoms with Crippen LogP contribution in [-0.4, -0.2) is 62.1 Å². The average molecular weight is 332 g/mol. The van der Waals surface area contributed by atoms with E-state index in [9.17, 15) is 4.79 Å². The zero-order valence-electron chi connectivity index (χ0n) is 14.6. The predicted molar refractivity (Wildman–Crippen MR) is 90.8 cm³/mol. The molecule has 5 nitrogen and oxygen atoms in total. The van der Waals surface area contributed by atoms with Gasteiger partial charge in [0.25, 0.3) is 5.91 Å². The molecule has 2 saturated heterocycles. The summed E-state index contributed by atoms with van der Waals surface area (Å²) < 4.78 is 11.1. The Bertz CT molecular complexity index is 559. The first-order valence-corrected chi connectivity index (χ1v) is 9.24. The van der Waals surface area contributed by atoms with Crippen molar-refractivity contribution in [3.8, 4) is 0 Å². The van der Waals surface area contributed by atoms with E-state index >= 15 is 0 Å². The smallest absolute Gasteiger partial charge is 0.257 e. The third-order valence-electron chi connectivity index (χ3n) is 6.17. The molecule has 0 bridgehead atoms. The van der Waals surface area contributed by atoms with Crippen molar-refractivity contribution in [3.05, 3.63) is 24.2 Å². The lowest BCUT2D eigenvalue weighted by molar-refractivity contribution is 0.0180. The SMILES string of the molecule is CN1C[C@H](COCC2CC2)C2(CCN(C(=O)c3ccoc3)CC2)C1. The van der Waals surface area contributed by atoms with E-state index in [0.717, 1.165) is 58.2 Å². The molecular weight excluding hydrogens is 304 g/mol. The summed E-state index contributed by atoms with van der Waals surface area (Å²) >= 11 is 0. The van der Waals surface area contributed by atoms with Gasteiger partial charge in [0.1, 0.15) is 6.26 Å². The largest absolute Gasteiger partial charge is 0.472 e. The first-order valence-electron chi connectivity index (χ1n) is 9.24. The van der Waals surface area contributed by atoms with Crippen LogP contribution in [-0.2, 0) is 4.74 Å². The quantitative estimate of drug-likeness (QED) is 0.831. The summed E-state index contributed by atoms with van der Waals surface area (Å²) in [4.78, 5) is 16.9. The van der Waals surface area contributed by atoms with Crippen LogP contribution >= 0.6 is 0 Å². The highest BCUT2D eigenvalue weighted by Crippen LogP contribution is 2.44. The molecule has 0 unspecified atom stereocenters. The van der Waals surface area contributed by atoms with E-state index < -0.39 is 0 Å². The summed E-state index contributed by atoms with van der Waals surface area (Å²) in [5.74, 6) is 1.54. The number of piperidine rings is 1. The minimum atomic E-state index is 0.103. The van der Waals surface area contributed by atoms with Crippen molar-refractivity contribution in [2.24, 2.45) is 17.3 Å². The van der Waals surface area contributed by atoms with Gasteiger partial charge in [-0.3, -0.25) is 4.79 Å². The topological polar surface area (TPSA) is 45.9 Å². The standard InChI is InChI=1S/C19H28N2O3/c1-20-10-17(13-24-11-15-2-3-15)19(14-20)5-7-21(8-6-19)18(22)16-4-9-23-12-16/h4,9,12,15,17H,2-3,5-8,10-11,13-14H2,1H3/t17-/m1/s1. The lowest BCUT2D eigenvalue weighted by Gasteiger charge is -2.42. The summed E-state index contributed by atoms with van der Waals surface area (Å²) in [6.45, 7) is 5.78. The van der Waals surface area contributed by atoms with Crippen molar-refractivity contribution in [2.45, 2.75) is 25.7 Å². The number of nitrogens with zero attached hydrogens (tertiary/aromatic N) is 2.